The second-order valence-electron chi connectivity index (χ2n) is 4.46. The molecule has 2 N–H and O–H groups in total. The van der Waals surface area contributed by atoms with Crippen molar-refractivity contribution in [1.82, 2.24) is 15.2 Å². The van der Waals surface area contributed by atoms with E-state index in [-0.39, 0.29) is 17.3 Å². The largest absolute Gasteiger partial charge is 0.319 e. The van der Waals surface area contributed by atoms with E-state index in [2.05, 4.69) is 20.5 Å². The van der Waals surface area contributed by atoms with Crippen LogP contribution in [0, 0.1) is 17.1 Å². The Morgan fingerprint density at radius 3 is 2.85 bits per heavy atom. The molecule has 6 nitrogen and oxygen atoms in total. The van der Waals surface area contributed by atoms with Crippen molar-refractivity contribution in [2.75, 3.05) is 5.32 Å². The Bertz CT molecular complexity index is 686. The van der Waals surface area contributed by atoms with Gasteiger partial charge < -0.3 is 5.32 Å². The smallest absolute Gasteiger partial charge is 0.295 e. The maximum atomic E-state index is 13.2. The fourth-order valence-electron chi connectivity index (χ4n) is 1.51. The highest BCUT2D eigenvalue weighted by molar-refractivity contribution is 6.01. The zero-order chi connectivity index (χ0) is 14.7. The third kappa shape index (κ3) is 2.80. The van der Waals surface area contributed by atoms with Crippen LogP contribution in [0.4, 0.5) is 10.1 Å². The topological polar surface area (TPSA) is 94.5 Å². The summed E-state index contributed by atoms with van der Waals surface area (Å²) in [6, 6.07) is 5.44. The quantitative estimate of drug-likeness (QED) is 0.896. The fraction of sp³-hybridized carbons (Fsp3) is 0.231. The average Bonchev–Trinajstić information content (AvgIpc) is 2.91. The average molecular weight is 273 g/mol. The summed E-state index contributed by atoms with van der Waals surface area (Å²) in [7, 11) is 0. The summed E-state index contributed by atoms with van der Waals surface area (Å²) in [4.78, 5) is 15.9. The van der Waals surface area contributed by atoms with Crippen molar-refractivity contribution in [2.45, 2.75) is 19.8 Å². The zero-order valence-electron chi connectivity index (χ0n) is 10.9. The van der Waals surface area contributed by atoms with Gasteiger partial charge in [0.25, 0.3) is 5.91 Å². The minimum Gasteiger partial charge on any atom is -0.319 e. The predicted octanol–water partition coefficient (Wildman–Crippen LogP) is 2.19. The number of nitrogens with one attached hydrogen (secondary N) is 2. The maximum Gasteiger partial charge on any atom is 0.295 e. The number of rotatable bonds is 3. The molecular formula is C13H12FN5O. The van der Waals surface area contributed by atoms with Crippen molar-refractivity contribution >= 4 is 11.6 Å². The minimum absolute atomic E-state index is 0.00321. The highest BCUT2D eigenvalue weighted by Gasteiger charge is 2.14. The number of H-pyrrole nitrogens is 1. The lowest BCUT2D eigenvalue weighted by Crippen LogP contribution is -2.14. The third-order valence-corrected chi connectivity index (χ3v) is 2.60. The van der Waals surface area contributed by atoms with Crippen molar-refractivity contribution < 1.29 is 9.18 Å². The molecule has 0 fully saturated rings. The van der Waals surface area contributed by atoms with Gasteiger partial charge in [0.05, 0.1) is 5.56 Å². The van der Waals surface area contributed by atoms with Gasteiger partial charge in [-0.15, -0.1) is 5.10 Å². The number of carbonyl (C=O) groups is 1. The standard InChI is InChI=1S/C13H12FN5O/c1-7(2)11-17-12(19-18-11)13(20)16-9-3-4-10(14)8(5-9)6-15/h3-5,7H,1-2H3,(H,16,20)(H,17,18,19). The Labute approximate surface area is 114 Å². The van der Waals surface area contributed by atoms with E-state index in [1.807, 2.05) is 13.8 Å². The van der Waals surface area contributed by atoms with Crippen LogP contribution in [-0.4, -0.2) is 21.1 Å². The molecule has 1 aromatic heterocycles. The summed E-state index contributed by atoms with van der Waals surface area (Å²) in [6.45, 7) is 3.84. The van der Waals surface area contributed by atoms with Crippen LogP contribution in [0.3, 0.4) is 0 Å². The monoisotopic (exact) mass is 273 g/mol. The van der Waals surface area contributed by atoms with E-state index in [9.17, 15) is 9.18 Å². The molecule has 7 heteroatoms. The van der Waals surface area contributed by atoms with Crippen LogP contribution in [-0.2, 0) is 0 Å². The van der Waals surface area contributed by atoms with Gasteiger partial charge in [0.2, 0.25) is 5.82 Å². The lowest BCUT2D eigenvalue weighted by molar-refractivity contribution is 0.101. The molecule has 0 unspecified atom stereocenters. The predicted molar refractivity (Wildman–Crippen MR) is 69.5 cm³/mol. The third-order valence-electron chi connectivity index (χ3n) is 2.60. The van der Waals surface area contributed by atoms with Crippen LogP contribution in [0.1, 0.15) is 41.8 Å². The van der Waals surface area contributed by atoms with Crippen LogP contribution in [0.15, 0.2) is 18.2 Å². The Balaban J connectivity index is 2.17. The molecule has 0 aliphatic heterocycles. The Morgan fingerprint density at radius 1 is 1.50 bits per heavy atom. The molecule has 0 aliphatic rings. The minimum atomic E-state index is -0.634. The van der Waals surface area contributed by atoms with Crippen LogP contribution in [0.25, 0.3) is 0 Å². The summed E-state index contributed by atoms with van der Waals surface area (Å²) in [5, 5.41) is 17.7. The Hall–Kier alpha value is -2.75. The second-order valence-corrected chi connectivity index (χ2v) is 4.46. The highest BCUT2D eigenvalue weighted by Crippen LogP contribution is 2.15. The van der Waals surface area contributed by atoms with Gasteiger partial charge in [0.1, 0.15) is 17.7 Å². The van der Waals surface area contributed by atoms with Crippen molar-refractivity contribution in [1.29, 1.82) is 5.26 Å². The molecule has 1 heterocycles. The number of benzene rings is 1. The number of anilines is 1. The van der Waals surface area contributed by atoms with Gasteiger partial charge in [-0.05, 0) is 18.2 Å². The SMILES string of the molecule is CC(C)c1nc(C(=O)Nc2ccc(F)c(C#N)c2)n[nH]1. The number of nitrogens with zero attached hydrogens (tertiary/aromatic N) is 3. The van der Waals surface area contributed by atoms with Crippen LogP contribution >= 0.6 is 0 Å². The number of aromatic nitrogens is 3. The van der Waals surface area contributed by atoms with Gasteiger partial charge in [-0.3, -0.25) is 9.89 Å². The molecule has 20 heavy (non-hydrogen) atoms. The lowest BCUT2D eigenvalue weighted by Gasteiger charge is -2.03. The molecule has 1 amide bonds. The number of nitriles is 1. The van der Waals surface area contributed by atoms with Crippen molar-refractivity contribution in [2.24, 2.45) is 0 Å². The zero-order valence-corrected chi connectivity index (χ0v) is 10.9. The van der Waals surface area contributed by atoms with Gasteiger partial charge >= 0.3 is 0 Å². The molecule has 1 aromatic carbocycles. The first-order valence-electron chi connectivity index (χ1n) is 5.94. The van der Waals surface area contributed by atoms with E-state index in [0.717, 1.165) is 6.07 Å². The Morgan fingerprint density at radius 2 is 2.25 bits per heavy atom. The molecule has 0 radical (unpaired) electrons. The molecule has 0 bridgehead atoms. The summed E-state index contributed by atoms with van der Waals surface area (Å²) in [5.41, 5.74) is 0.171. The Kier molecular flexibility index (Phi) is 3.75. The molecule has 0 saturated heterocycles. The van der Waals surface area contributed by atoms with Gasteiger partial charge in [-0.25, -0.2) is 9.37 Å². The van der Waals surface area contributed by atoms with Crippen LogP contribution < -0.4 is 5.32 Å². The van der Waals surface area contributed by atoms with Gasteiger partial charge in [0, 0.05) is 11.6 Å². The van der Waals surface area contributed by atoms with Crippen molar-refractivity contribution in [3.05, 3.63) is 41.2 Å². The summed E-state index contributed by atoms with van der Waals surface area (Å²) in [5.74, 6) is -0.433. The normalized spacial score (nSPS) is 10.3. The van der Waals surface area contributed by atoms with Crippen LogP contribution in [0.5, 0.6) is 0 Å². The number of hydrogen-bond acceptors (Lipinski definition) is 4. The molecule has 2 aromatic rings. The first-order chi connectivity index (χ1) is 9.51. The highest BCUT2D eigenvalue weighted by atomic mass is 19.1. The molecule has 0 atom stereocenters. The molecule has 102 valence electrons. The number of hydrogen-bond donors (Lipinski definition) is 2. The maximum absolute atomic E-state index is 13.2. The van der Waals surface area contributed by atoms with E-state index in [4.69, 9.17) is 5.26 Å². The first kappa shape index (κ1) is 13.7. The summed E-state index contributed by atoms with van der Waals surface area (Å²) < 4.78 is 13.2. The van der Waals surface area contributed by atoms with E-state index in [1.54, 1.807) is 6.07 Å². The summed E-state index contributed by atoms with van der Waals surface area (Å²) in [6.07, 6.45) is 0. The van der Waals surface area contributed by atoms with Gasteiger partial charge in [0.15, 0.2) is 0 Å². The number of aromatic amines is 1. The van der Waals surface area contributed by atoms with E-state index >= 15 is 0 Å². The van der Waals surface area contributed by atoms with E-state index in [0.29, 0.717) is 11.5 Å². The molecule has 0 saturated carbocycles. The number of halogens is 1. The molecule has 2 rings (SSSR count). The molecule has 0 aliphatic carbocycles. The van der Waals surface area contributed by atoms with E-state index < -0.39 is 11.7 Å². The first-order valence-corrected chi connectivity index (χ1v) is 5.94. The molecule has 0 spiro atoms. The number of amides is 1. The lowest BCUT2D eigenvalue weighted by atomic mass is 10.2. The van der Waals surface area contributed by atoms with Gasteiger partial charge in [-0.2, -0.15) is 5.26 Å². The summed E-state index contributed by atoms with van der Waals surface area (Å²) >= 11 is 0. The second kappa shape index (κ2) is 5.48. The van der Waals surface area contributed by atoms with Crippen molar-refractivity contribution in [3.63, 3.8) is 0 Å². The van der Waals surface area contributed by atoms with Crippen molar-refractivity contribution in [3.8, 4) is 6.07 Å². The van der Waals surface area contributed by atoms with Gasteiger partial charge in [-0.1, -0.05) is 13.8 Å². The van der Waals surface area contributed by atoms with Crippen LogP contribution in [0.2, 0.25) is 0 Å². The fourth-order valence-corrected chi connectivity index (χ4v) is 1.51. The number of carbonyl (C=O) groups excluding carboxylic acids is 1. The van der Waals surface area contributed by atoms with E-state index in [1.165, 1.54) is 12.1 Å². The molecular weight excluding hydrogens is 261 g/mol.